The smallest absolute Gasteiger partial charge is 0.150 e. The molecule has 0 N–H and O–H groups in total. The summed E-state index contributed by atoms with van der Waals surface area (Å²) < 4.78 is 26.4. The van der Waals surface area contributed by atoms with Crippen LogP contribution in [0.1, 0.15) is 21.5 Å². The fourth-order valence-electron chi connectivity index (χ4n) is 1.66. The lowest BCUT2D eigenvalue weighted by Crippen LogP contribution is -1.96. The third-order valence-electron chi connectivity index (χ3n) is 2.60. The fraction of sp³-hybridized carbons (Fsp3) is 0.0714. The quantitative estimate of drug-likeness (QED) is 0.767. The largest absolute Gasteiger partial charge is 0.298 e. The molecule has 0 aliphatic heterocycles. The summed E-state index contributed by atoms with van der Waals surface area (Å²) in [7, 11) is 0. The van der Waals surface area contributed by atoms with Crippen molar-refractivity contribution in [2.45, 2.75) is 6.42 Å². The molecule has 0 spiro atoms. The molecule has 2 aromatic rings. The van der Waals surface area contributed by atoms with Gasteiger partial charge in [0.25, 0.3) is 0 Å². The molecule has 0 radical (unpaired) electrons. The van der Waals surface area contributed by atoms with Crippen molar-refractivity contribution in [2.24, 2.45) is 0 Å². The van der Waals surface area contributed by atoms with E-state index in [1.165, 1.54) is 0 Å². The van der Waals surface area contributed by atoms with Gasteiger partial charge < -0.3 is 0 Å². The van der Waals surface area contributed by atoms with E-state index < -0.39 is 11.6 Å². The zero-order valence-electron chi connectivity index (χ0n) is 9.29. The molecule has 1 nitrogen and oxygen atoms in total. The highest BCUT2D eigenvalue weighted by Crippen LogP contribution is 2.24. The predicted molar refractivity (Wildman–Crippen MR) is 66.0 cm³/mol. The van der Waals surface area contributed by atoms with E-state index in [-0.39, 0.29) is 17.0 Å². The van der Waals surface area contributed by atoms with Gasteiger partial charge >= 0.3 is 0 Å². The van der Waals surface area contributed by atoms with Gasteiger partial charge in [-0.2, -0.15) is 0 Å². The van der Waals surface area contributed by atoms with E-state index in [0.29, 0.717) is 5.56 Å². The molecule has 0 saturated heterocycles. The Morgan fingerprint density at radius 1 is 1.11 bits per heavy atom. The van der Waals surface area contributed by atoms with E-state index in [1.807, 2.05) is 0 Å². The Kier molecular flexibility index (Phi) is 3.72. The van der Waals surface area contributed by atoms with Gasteiger partial charge in [0, 0.05) is 28.6 Å². The third-order valence-corrected chi connectivity index (χ3v) is 2.94. The second-order valence-electron chi connectivity index (χ2n) is 3.88. The molecule has 0 saturated carbocycles. The Labute approximate surface area is 108 Å². The molecule has 18 heavy (non-hydrogen) atoms. The summed E-state index contributed by atoms with van der Waals surface area (Å²) in [6.45, 7) is 0. The number of rotatable bonds is 3. The lowest BCUT2D eigenvalue weighted by Gasteiger charge is -2.06. The van der Waals surface area contributed by atoms with Crippen LogP contribution in [0.15, 0.2) is 36.4 Å². The molecule has 2 rings (SSSR count). The third kappa shape index (κ3) is 2.74. The van der Waals surface area contributed by atoms with Crippen LogP contribution in [0.5, 0.6) is 0 Å². The van der Waals surface area contributed by atoms with E-state index >= 15 is 0 Å². The highest BCUT2D eigenvalue weighted by Gasteiger charge is 2.10. The Balaban J connectivity index is 2.30. The maximum Gasteiger partial charge on any atom is 0.150 e. The van der Waals surface area contributed by atoms with E-state index in [2.05, 4.69) is 0 Å². The summed E-state index contributed by atoms with van der Waals surface area (Å²) in [6, 6.07) is 8.59. The lowest BCUT2D eigenvalue weighted by molar-refractivity contribution is 0.112. The zero-order valence-corrected chi connectivity index (χ0v) is 10.0. The van der Waals surface area contributed by atoms with Crippen LogP contribution in [0, 0.1) is 11.6 Å². The number of hydrogen-bond acceptors (Lipinski definition) is 1. The van der Waals surface area contributed by atoms with Crippen molar-refractivity contribution in [3.05, 3.63) is 69.7 Å². The van der Waals surface area contributed by atoms with Gasteiger partial charge in [-0.1, -0.05) is 35.9 Å². The first-order valence-corrected chi connectivity index (χ1v) is 5.65. The Morgan fingerprint density at radius 3 is 2.33 bits per heavy atom. The Bertz CT molecular complexity index is 556. The molecule has 4 heteroatoms. The number of halogens is 3. The molecule has 0 bridgehead atoms. The van der Waals surface area contributed by atoms with Crippen LogP contribution in [0.25, 0.3) is 0 Å². The summed E-state index contributed by atoms with van der Waals surface area (Å²) in [5.74, 6) is -1.36. The average molecular weight is 267 g/mol. The molecule has 0 aliphatic carbocycles. The van der Waals surface area contributed by atoms with E-state index in [4.69, 9.17) is 11.6 Å². The average Bonchev–Trinajstić information content (AvgIpc) is 2.34. The molecular formula is C14H9ClF2O. The van der Waals surface area contributed by atoms with Crippen molar-refractivity contribution < 1.29 is 13.6 Å². The van der Waals surface area contributed by atoms with Crippen molar-refractivity contribution >= 4 is 17.9 Å². The summed E-state index contributed by atoms with van der Waals surface area (Å²) >= 11 is 5.81. The first kappa shape index (κ1) is 12.7. The minimum absolute atomic E-state index is 0.0620. The molecule has 0 heterocycles. The minimum atomic E-state index is -0.697. The number of hydrogen-bond donors (Lipinski definition) is 0. The van der Waals surface area contributed by atoms with E-state index in [1.54, 1.807) is 24.3 Å². The van der Waals surface area contributed by atoms with Gasteiger partial charge in [-0.05, 0) is 11.6 Å². The zero-order chi connectivity index (χ0) is 13.1. The minimum Gasteiger partial charge on any atom is -0.298 e. The van der Waals surface area contributed by atoms with Crippen molar-refractivity contribution in [2.75, 3.05) is 0 Å². The summed E-state index contributed by atoms with van der Waals surface area (Å²) in [4.78, 5) is 10.5. The summed E-state index contributed by atoms with van der Waals surface area (Å²) in [5, 5.41) is 0.0620. The van der Waals surface area contributed by atoms with Gasteiger partial charge in [-0.3, -0.25) is 4.79 Å². The number of aldehydes is 1. The molecular weight excluding hydrogens is 258 g/mol. The van der Waals surface area contributed by atoms with Crippen molar-refractivity contribution in [1.82, 2.24) is 0 Å². The van der Waals surface area contributed by atoms with Crippen molar-refractivity contribution in [1.29, 1.82) is 0 Å². The van der Waals surface area contributed by atoms with Crippen molar-refractivity contribution in [3.8, 4) is 0 Å². The summed E-state index contributed by atoms with van der Waals surface area (Å²) in [5.41, 5.74) is 1.59. The first-order chi connectivity index (χ1) is 8.60. The number of carbonyl (C=O) groups excluding carboxylic acids is 1. The first-order valence-electron chi connectivity index (χ1n) is 5.27. The Morgan fingerprint density at radius 2 is 1.78 bits per heavy atom. The second kappa shape index (κ2) is 5.27. The van der Waals surface area contributed by atoms with Crippen LogP contribution in [0.3, 0.4) is 0 Å². The van der Waals surface area contributed by atoms with Crippen molar-refractivity contribution in [3.63, 3.8) is 0 Å². The molecule has 0 aliphatic rings. The van der Waals surface area contributed by atoms with Crippen LogP contribution >= 0.6 is 11.6 Å². The lowest BCUT2D eigenvalue weighted by atomic mass is 10.0. The monoisotopic (exact) mass is 266 g/mol. The standard InChI is InChI=1S/C14H9ClF2O/c15-13-6-11(16)7-14(17)12(13)5-9-1-3-10(8-18)4-2-9/h1-4,6-8H,5H2. The Hall–Kier alpha value is -1.74. The fourth-order valence-corrected chi connectivity index (χ4v) is 1.92. The highest BCUT2D eigenvalue weighted by molar-refractivity contribution is 6.31. The summed E-state index contributed by atoms with van der Waals surface area (Å²) in [6.07, 6.45) is 0.985. The maximum absolute atomic E-state index is 13.6. The van der Waals surface area contributed by atoms with Crippen LogP contribution in [-0.2, 0) is 6.42 Å². The number of benzene rings is 2. The molecule has 0 unspecified atom stereocenters. The second-order valence-corrected chi connectivity index (χ2v) is 4.29. The van der Waals surface area contributed by atoms with Gasteiger partial charge in [0.1, 0.15) is 17.9 Å². The van der Waals surface area contributed by atoms with E-state index in [0.717, 1.165) is 24.0 Å². The van der Waals surface area contributed by atoms with Crippen LogP contribution in [-0.4, -0.2) is 6.29 Å². The van der Waals surface area contributed by atoms with Gasteiger partial charge in [0.05, 0.1) is 0 Å². The topological polar surface area (TPSA) is 17.1 Å². The highest BCUT2D eigenvalue weighted by atomic mass is 35.5. The predicted octanol–water partition coefficient (Wildman–Crippen LogP) is 4.02. The molecule has 92 valence electrons. The van der Waals surface area contributed by atoms with Gasteiger partial charge in [-0.15, -0.1) is 0 Å². The molecule has 0 aromatic heterocycles. The molecule has 0 fully saturated rings. The van der Waals surface area contributed by atoms with Crippen LogP contribution < -0.4 is 0 Å². The molecule has 2 aromatic carbocycles. The SMILES string of the molecule is O=Cc1ccc(Cc2c(F)cc(F)cc2Cl)cc1. The van der Waals surface area contributed by atoms with Crippen LogP contribution in [0.4, 0.5) is 8.78 Å². The van der Waals surface area contributed by atoms with Gasteiger partial charge in [-0.25, -0.2) is 8.78 Å². The molecule has 0 atom stereocenters. The normalized spacial score (nSPS) is 10.4. The van der Waals surface area contributed by atoms with E-state index in [9.17, 15) is 13.6 Å². The number of carbonyl (C=O) groups is 1. The maximum atomic E-state index is 13.6. The molecule has 0 amide bonds. The van der Waals surface area contributed by atoms with Gasteiger partial charge in [0.15, 0.2) is 0 Å². The van der Waals surface area contributed by atoms with Crippen LogP contribution in [0.2, 0.25) is 5.02 Å². The van der Waals surface area contributed by atoms with Gasteiger partial charge in [0.2, 0.25) is 0 Å².